The molecule has 8 fully saturated rings. The molecule has 2 aromatic rings. The molecule has 53 heavy (non-hydrogen) atoms. The SMILES string of the molecule is O=S(=O)([O-])c1c(C2CCCCC2)cc(OS(=O)(=O)c2c(C3CC4CCC3O4)cc(C3CC4CCC3O4)cc2C2CC3CCC2O3)cc1C1CCCCC1. The van der Waals surface area contributed by atoms with Crippen molar-refractivity contribution in [3.63, 3.8) is 0 Å². The highest BCUT2D eigenvalue weighted by Gasteiger charge is 2.49. The van der Waals surface area contributed by atoms with Crippen molar-refractivity contribution in [3.05, 3.63) is 52.1 Å². The summed E-state index contributed by atoms with van der Waals surface area (Å²) in [6, 6.07) is 7.50. The first-order valence-electron chi connectivity index (χ1n) is 20.8. The van der Waals surface area contributed by atoms with Gasteiger partial charge in [-0.25, -0.2) is 8.42 Å². The smallest absolute Gasteiger partial charge is 0.339 e. The van der Waals surface area contributed by atoms with Crippen LogP contribution in [0.2, 0.25) is 0 Å². The summed E-state index contributed by atoms with van der Waals surface area (Å²) in [5.74, 6) is -0.0625. The van der Waals surface area contributed by atoms with Crippen LogP contribution < -0.4 is 4.18 Å². The highest BCUT2D eigenvalue weighted by atomic mass is 32.2. The quantitative estimate of drug-likeness (QED) is 0.182. The first-order chi connectivity index (χ1) is 25.6. The zero-order valence-electron chi connectivity index (χ0n) is 30.6. The molecule has 288 valence electrons. The normalized spacial score (nSPS) is 35.8. The van der Waals surface area contributed by atoms with Crippen LogP contribution in [-0.4, -0.2) is 58.0 Å². The molecule has 0 aromatic heterocycles. The van der Waals surface area contributed by atoms with E-state index in [9.17, 15) is 13.0 Å². The minimum atomic E-state index is -4.83. The summed E-state index contributed by atoms with van der Waals surface area (Å²) in [5, 5.41) is 0. The van der Waals surface area contributed by atoms with Crippen molar-refractivity contribution in [2.75, 3.05) is 0 Å². The zero-order valence-corrected chi connectivity index (χ0v) is 32.2. The first kappa shape index (κ1) is 35.4. The second-order valence-electron chi connectivity index (χ2n) is 17.8. The summed E-state index contributed by atoms with van der Waals surface area (Å²) in [5.41, 5.74) is 3.66. The van der Waals surface area contributed by atoms with Gasteiger partial charge in [0.05, 0.1) is 41.5 Å². The lowest BCUT2D eigenvalue weighted by molar-refractivity contribution is 0.0996. The van der Waals surface area contributed by atoms with Gasteiger partial charge in [-0.2, -0.15) is 8.42 Å². The third-order valence-electron chi connectivity index (χ3n) is 14.6. The van der Waals surface area contributed by atoms with E-state index in [0.717, 1.165) is 139 Å². The topological polar surface area (TPSA) is 128 Å². The fraction of sp³-hybridized carbons (Fsp3) is 0.714. The molecular weight excluding hydrogens is 713 g/mol. The molecule has 2 aliphatic carbocycles. The maximum Gasteiger partial charge on any atom is 0.339 e. The molecule has 6 aliphatic heterocycles. The first-order valence-corrected chi connectivity index (χ1v) is 23.6. The summed E-state index contributed by atoms with van der Waals surface area (Å²) >= 11 is 0. The standard InChI is InChI=1S/C42H54O9S2/c43-52(44,45)41-32(24-7-3-1-4-8-24)22-30(23-33(41)25-9-5-2-6-10-25)51-53(46,47)42-36(34-20-28-12-15-39(34)49-28)17-26(31-19-27-11-14-38(31)48-27)18-37(42)35-21-29-13-16-40(35)50-29/h17-18,22-25,27-29,31,34-35,38-40H,1-16,19-21H2,(H,43,44,45)/p-1. The van der Waals surface area contributed by atoms with E-state index in [1.807, 2.05) is 0 Å². The van der Waals surface area contributed by atoms with Crippen LogP contribution in [0.1, 0.15) is 179 Å². The molecule has 10 rings (SSSR count). The molecular formula is C42H53O9S2-. The van der Waals surface area contributed by atoms with Gasteiger partial charge in [0.1, 0.15) is 20.8 Å². The van der Waals surface area contributed by atoms with Crippen molar-refractivity contribution in [3.8, 4) is 5.75 Å². The van der Waals surface area contributed by atoms with Crippen LogP contribution in [-0.2, 0) is 34.4 Å². The van der Waals surface area contributed by atoms with E-state index in [-0.39, 0.29) is 81.8 Å². The molecule has 9 atom stereocenters. The highest BCUT2D eigenvalue weighted by Crippen LogP contribution is 2.54. The van der Waals surface area contributed by atoms with Crippen molar-refractivity contribution in [2.45, 2.75) is 198 Å². The summed E-state index contributed by atoms with van der Waals surface area (Å²) in [6.07, 6.45) is 18.0. The minimum Gasteiger partial charge on any atom is -0.744 e. The van der Waals surface area contributed by atoms with Gasteiger partial charge in [-0.3, -0.25) is 0 Å². The van der Waals surface area contributed by atoms with Crippen LogP contribution in [0.4, 0.5) is 0 Å². The minimum absolute atomic E-state index is 0.0399. The van der Waals surface area contributed by atoms with E-state index in [2.05, 4.69) is 12.1 Å². The molecule has 6 heterocycles. The average Bonchev–Trinajstić information content (AvgIpc) is 4.03. The van der Waals surface area contributed by atoms with E-state index in [0.29, 0.717) is 11.1 Å². The van der Waals surface area contributed by atoms with Gasteiger partial charge in [0.15, 0.2) is 0 Å². The molecule has 0 N–H and O–H groups in total. The van der Waals surface area contributed by atoms with Gasteiger partial charge in [0.2, 0.25) is 0 Å². The molecule has 0 spiro atoms. The lowest BCUT2D eigenvalue weighted by Crippen LogP contribution is -2.26. The van der Waals surface area contributed by atoms with E-state index >= 15 is 8.42 Å². The Kier molecular flexibility index (Phi) is 9.07. The van der Waals surface area contributed by atoms with Gasteiger partial charge < -0.3 is 22.9 Å². The van der Waals surface area contributed by atoms with Crippen LogP contribution >= 0.6 is 0 Å². The second kappa shape index (κ2) is 13.6. The molecule has 9 unspecified atom stereocenters. The molecule has 2 aromatic carbocycles. The zero-order chi connectivity index (χ0) is 36.1. The van der Waals surface area contributed by atoms with Crippen molar-refractivity contribution in [1.29, 1.82) is 0 Å². The predicted octanol–water partition coefficient (Wildman–Crippen LogP) is 8.56. The van der Waals surface area contributed by atoms with Crippen molar-refractivity contribution in [1.82, 2.24) is 0 Å². The Morgan fingerprint density at radius 3 is 1.32 bits per heavy atom. The van der Waals surface area contributed by atoms with E-state index < -0.39 is 20.2 Å². The van der Waals surface area contributed by atoms with E-state index in [1.165, 1.54) is 0 Å². The maximum atomic E-state index is 15.3. The number of hydrogen-bond donors (Lipinski definition) is 0. The Balaban J connectivity index is 1.13. The fourth-order valence-electron chi connectivity index (χ4n) is 12.3. The summed E-state index contributed by atoms with van der Waals surface area (Å²) in [7, 11) is -9.28. The number of fused-ring (bicyclic) bond motifs is 6. The third kappa shape index (κ3) is 6.41. The van der Waals surface area contributed by atoms with Gasteiger partial charge >= 0.3 is 10.1 Å². The van der Waals surface area contributed by atoms with Gasteiger partial charge in [0.25, 0.3) is 0 Å². The number of rotatable bonds is 9. The average molecular weight is 766 g/mol. The molecule has 0 amide bonds. The molecule has 0 radical (unpaired) electrons. The van der Waals surface area contributed by atoms with Crippen LogP contribution in [0.25, 0.3) is 0 Å². The van der Waals surface area contributed by atoms with Gasteiger partial charge in [-0.1, -0.05) is 50.7 Å². The molecule has 2 saturated carbocycles. The van der Waals surface area contributed by atoms with Crippen LogP contribution in [0.15, 0.2) is 34.1 Å². The number of benzene rings is 2. The molecule has 6 saturated heterocycles. The van der Waals surface area contributed by atoms with Crippen LogP contribution in [0, 0.1) is 0 Å². The maximum absolute atomic E-state index is 15.3. The lowest BCUT2D eigenvalue weighted by Gasteiger charge is -2.32. The highest BCUT2D eigenvalue weighted by molar-refractivity contribution is 7.87. The molecule has 8 aliphatic rings. The molecule has 6 bridgehead atoms. The Bertz CT molecular complexity index is 1880. The number of hydrogen-bond acceptors (Lipinski definition) is 9. The molecule has 9 nitrogen and oxygen atoms in total. The van der Waals surface area contributed by atoms with E-state index in [1.54, 1.807) is 12.1 Å². The Morgan fingerprint density at radius 1 is 0.509 bits per heavy atom. The van der Waals surface area contributed by atoms with Gasteiger partial charge in [-0.15, -0.1) is 0 Å². The molecule has 11 heteroatoms. The predicted molar refractivity (Wildman–Crippen MR) is 196 cm³/mol. The van der Waals surface area contributed by atoms with Crippen molar-refractivity contribution >= 4 is 20.2 Å². The van der Waals surface area contributed by atoms with Gasteiger partial charge in [0, 0.05) is 17.8 Å². The second-order valence-corrected chi connectivity index (χ2v) is 20.6. The van der Waals surface area contributed by atoms with Crippen molar-refractivity contribution < 1.29 is 39.8 Å². The number of ether oxygens (including phenoxy) is 3. The largest absolute Gasteiger partial charge is 0.744 e. The van der Waals surface area contributed by atoms with Gasteiger partial charge in [-0.05, 0) is 135 Å². The lowest BCUT2D eigenvalue weighted by atomic mass is 9.76. The fourth-order valence-corrected chi connectivity index (χ4v) is 14.7. The van der Waals surface area contributed by atoms with Crippen LogP contribution in [0.5, 0.6) is 5.75 Å². The summed E-state index contributed by atoms with van der Waals surface area (Å²) in [4.78, 5) is 0.129. The summed E-state index contributed by atoms with van der Waals surface area (Å²) < 4.78 is 95.4. The third-order valence-corrected chi connectivity index (χ3v) is 17.0. The Hall–Kier alpha value is -2.02. The van der Waals surface area contributed by atoms with Crippen molar-refractivity contribution in [2.24, 2.45) is 0 Å². The Morgan fingerprint density at radius 2 is 0.943 bits per heavy atom. The summed E-state index contributed by atoms with van der Waals surface area (Å²) in [6.45, 7) is 0. The Labute approximate surface area is 314 Å². The van der Waals surface area contributed by atoms with E-state index in [4.69, 9.17) is 18.4 Å². The monoisotopic (exact) mass is 765 g/mol. The van der Waals surface area contributed by atoms with Crippen LogP contribution in [0.3, 0.4) is 0 Å².